The van der Waals surface area contributed by atoms with Crippen LogP contribution < -0.4 is 4.31 Å². The first-order valence-corrected chi connectivity index (χ1v) is 7.61. The highest BCUT2D eigenvalue weighted by molar-refractivity contribution is 9.10. The second kappa shape index (κ2) is 5.45. The number of benzene rings is 1. The predicted molar refractivity (Wildman–Crippen MR) is 73.9 cm³/mol. The largest absolute Gasteiger partial charge is 0.268 e. The Bertz CT molecular complexity index is 715. The van der Waals surface area contributed by atoms with E-state index >= 15 is 0 Å². The van der Waals surface area contributed by atoms with Gasteiger partial charge >= 0.3 is 0 Å². The van der Waals surface area contributed by atoms with Gasteiger partial charge in [-0.15, -0.1) is 0 Å². The lowest BCUT2D eigenvalue weighted by Gasteiger charge is -2.20. The van der Waals surface area contributed by atoms with Crippen LogP contribution in [-0.2, 0) is 10.0 Å². The van der Waals surface area contributed by atoms with Crippen molar-refractivity contribution in [2.75, 3.05) is 11.4 Å². The number of anilines is 1. The van der Waals surface area contributed by atoms with E-state index in [2.05, 4.69) is 20.9 Å². The summed E-state index contributed by atoms with van der Waals surface area (Å²) in [6.45, 7) is 0. The van der Waals surface area contributed by atoms with Crippen LogP contribution in [0, 0.1) is 11.6 Å². The third-order valence-corrected chi connectivity index (χ3v) is 5.34. The Balaban J connectivity index is 2.57. The summed E-state index contributed by atoms with van der Waals surface area (Å²) in [4.78, 5) is 3.18. The number of halogens is 3. The summed E-state index contributed by atoms with van der Waals surface area (Å²) < 4.78 is 52.3. The van der Waals surface area contributed by atoms with Gasteiger partial charge < -0.3 is 0 Å². The molecule has 1 aromatic heterocycles. The first kappa shape index (κ1) is 14.9. The summed E-state index contributed by atoms with van der Waals surface area (Å²) in [6.07, 6.45) is 2.81. The maximum Gasteiger partial charge on any atom is 0.268 e. The minimum absolute atomic E-state index is 0.175. The molecule has 0 radical (unpaired) electrons. The molecule has 8 heteroatoms. The second-order valence-electron chi connectivity index (χ2n) is 3.88. The lowest BCUT2D eigenvalue weighted by atomic mass is 10.3. The van der Waals surface area contributed by atoms with Crippen molar-refractivity contribution in [2.45, 2.75) is 4.90 Å². The highest BCUT2D eigenvalue weighted by atomic mass is 79.9. The molecular formula is C12H9BrF2N2O2S. The second-order valence-corrected chi connectivity index (χ2v) is 6.64. The van der Waals surface area contributed by atoms with E-state index in [0.717, 1.165) is 10.4 Å². The van der Waals surface area contributed by atoms with E-state index in [1.54, 1.807) is 6.07 Å². The molecule has 0 saturated carbocycles. The van der Waals surface area contributed by atoms with E-state index in [4.69, 9.17) is 0 Å². The number of hydrogen-bond donors (Lipinski definition) is 0. The van der Waals surface area contributed by atoms with Crippen LogP contribution in [0.15, 0.2) is 46.0 Å². The van der Waals surface area contributed by atoms with Crippen LogP contribution in [0.1, 0.15) is 0 Å². The Labute approximate surface area is 123 Å². The molecule has 0 aliphatic carbocycles. The molecule has 0 amide bonds. The maximum absolute atomic E-state index is 13.8. The standard InChI is InChI=1S/C12H9BrF2N2O2S/c1-17(9-3-2-4-16-7-9)20(18,19)12-10(13)5-8(14)6-11(12)15/h2-7H,1H3. The molecule has 1 heterocycles. The van der Waals surface area contributed by atoms with Gasteiger partial charge in [0.2, 0.25) is 0 Å². The lowest BCUT2D eigenvalue weighted by Crippen LogP contribution is -2.27. The molecule has 1 aromatic carbocycles. The van der Waals surface area contributed by atoms with E-state index in [-0.39, 0.29) is 10.2 Å². The van der Waals surface area contributed by atoms with Gasteiger partial charge in [0.1, 0.15) is 16.5 Å². The van der Waals surface area contributed by atoms with Gasteiger partial charge in [-0.2, -0.15) is 0 Å². The zero-order chi connectivity index (χ0) is 14.9. The van der Waals surface area contributed by atoms with Crippen molar-refractivity contribution < 1.29 is 17.2 Å². The Morgan fingerprint density at radius 3 is 2.55 bits per heavy atom. The monoisotopic (exact) mass is 362 g/mol. The van der Waals surface area contributed by atoms with Gasteiger partial charge in [-0.1, -0.05) is 0 Å². The normalized spacial score (nSPS) is 11.4. The van der Waals surface area contributed by atoms with Crippen LogP contribution in [0.5, 0.6) is 0 Å². The molecule has 2 rings (SSSR count). The molecule has 2 aromatic rings. The lowest BCUT2D eigenvalue weighted by molar-refractivity contribution is 0.546. The van der Waals surface area contributed by atoms with Crippen LogP contribution >= 0.6 is 15.9 Å². The van der Waals surface area contributed by atoms with E-state index in [0.29, 0.717) is 6.07 Å². The highest BCUT2D eigenvalue weighted by Gasteiger charge is 2.28. The Morgan fingerprint density at radius 2 is 2.00 bits per heavy atom. The van der Waals surface area contributed by atoms with Crippen molar-refractivity contribution in [1.29, 1.82) is 0 Å². The van der Waals surface area contributed by atoms with Crippen LogP contribution in [-0.4, -0.2) is 20.4 Å². The third kappa shape index (κ3) is 2.66. The summed E-state index contributed by atoms with van der Waals surface area (Å²) in [5.41, 5.74) is 0.267. The topological polar surface area (TPSA) is 50.3 Å². The molecule has 0 atom stereocenters. The molecule has 0 aliphatic rings. The van der Waals surface area contributed by atoms with Gasteiger partial charge in [0.25, 0.3) is 10.0 Å². The SMILES string of the molecule is CN(c1cccnc1)S(=O)(=O)c1c(F)cc(F)cc1Br. The third-order valence-electron chi connectivity index (χ3n) is 2.59. The molecule has 0 N–H and O–H groups in total. The molecule has 0 fully saturated rings. The van der Waals surface area contributed by atoms with Crippen molar-refractivity contribution in [3.05, 3.63) is 52.8 Å². The molecule has 0 saturated heterocycles. The molecule has 0 bridgehead atoms. The first-order valence-electron chi connectivity index (χ1n) is 5.37. The highest BCUT2D eigenvalue weighted by Crippen LogP contribution is 2.30. The molecule has 20 heavy (non-hydrogen) atoms. The fraction of sp³-hybridized carbons (Fsp3) is 0.0833. The van der Waals surface area contributed by atoms with Gasteiger partial charge in [-0.3, -0.25) is 9.29 Å². The van der Waals surface area contributed by atoms with Crippen molar-refractivity contribution in [3.63, 3.8) is 0 Å². The van der Waals surface area contributed by atoms with E-state index in [1.807, 2.05) is 0 Å². The Kier molecular flexibility index (Phi) is 4.05. The Hall–Kier alpha value is -1.54. The van der Waals surface area contributed by atoms with Crippen molar-refractivity contribution in [1.82, 2.24) is 4.98 Å². The number of hydrogen-bond acceptors (Lipinski definition) is 3. The molecular weight excluding hydrogens is 354 g/mol. The maximum atomic E-state index is 13.8. The van der Waals surface area contributed by atoms with Crippen LogP contribution in [0.4, 0.5) is 14.5 Å². The first-order chi connectivity index (χ1) is 9.34. The molecule has 0 spiro atoms. The van der Waals surface area contributed by atoms with Gasteiger partial charge in [0.15, 0.2) is 0 Å². The number of nitrogens with zero attached hydrogens (tertiary/aromatic N) is 2. The summed E-state index contributed by atoms with van der Waals surface area (Å²) in [5, 5.41) is 0. The summed E-state index contributed by atoms with van der Waals surface area (Å²) in [6, 6.07) is 4.49. The number of pyridine rings is 1. The minimum atomic E-state index is -4.17. The van der Waals surface area contributed by atoms with E-state index in [9.17, 15) is 17.2 Å². The fourth-order valence-electron chi connectivity index (χ4n) is 1.59. The number of aromatic nitrogens is 1. The molecule has 0 aliphatic heterocycles. The van der Waals surface area contributed by atoms with Crippen LogP contribution in [0.2, 0.25) is 0 Å². The van der Waals surface area contributed by atoms with Crippen molar-refractivity contribution in [2.24, 2.45) is 0 Å². The number of sulfonamides is 1. The zero-order valence-electron chi connectivity index (χ0n) is 10.2. The van der Waals surface area contributed by atoms with Gasteiger partial charge in [-0.25, -0.2) is 17.2 Å². The van der Waals surface area contributed by atoms with E-state index < -0.39 is 26.6 Å². The van der Waals surface area contributed by atoms with E-state index in [1.165, 1.54) is 25.5 Å². The fourth-order valence-corrected chi connectivity index (χ4v) is 3.88. The van der Waals surface area contributed by atoms with Gasteiger partial charge in [0, 0.05) is 23.8 Å². The van der Waals surface area contributed by atoms with Gasteiger partial charge in [-0.05, 0) is 34.1 Å². The average molecular weight is 363 g/mol. The minimum Gasteiger partial charge on any atom is -0.268 e. The zero-order valence-corrected chi connectivity index (χ0v) is 12.6. The molecule has 4 nitrogen and oxygen atoms in total. The van der Waals surface area contributed by atoms with Crippen LogP contribution in [0.25, 0.3) is 0 Å². The van der Waals surface area contributed by atoms with Gasteiger partial charge in [0.05, 0.1) is 11.9 Å². The summed E-state index contributed by atoms with van der Waals surface area (Å²) >= 11 is 2.87. The quantitative estimate of drug-likeness (QED) is 0.843. The van der Waals surface area contributed by atoms with Crippen molar-refractivity contribution in [3.8, 4) is 0 Å². The predicted octanol–water partition coefficient (Wildman–Crippen LogP) is 2.95. The Morgan fingerprint density at radius 1 is 1.30 bits per heavy atom. The van der Waals surface area contributed by atoms with Crippen molar-refractivity contribution >= 4 is 31.6 Å². The number of rotatable bonds is 3. The summed E-state index contributed by atoms with van der Waals surface area (Å²) in [5.74, 6) is -2.02. The van der Waals surface area contributed by atoms with Crippen LogP contribution in [0.3, 0.4) is 0 Å². The smallest absolute Gasteiger partial charge is 0.268 e. The molecule has 106 valence electrons. The molecule has 0 unspecified atom stereocenters. The average Bonchev–Trinajstić information content (AvgIpc) is 2.37. The summed E-state index contributed by atoms with van der Waals surface area (Å²) in [7, 11) is -2.90.